The summed E-state index contributed by atoms with van der Waals surface area (Å²) in [6, 6.07) is 0. The molecular formula is C12H16FN5. The van der Waals surface area contributed by atoms with Gasteiger partial charge in [0.25, 0.3) is 0 Å². The van der Waals surface area contributed by atoms with Gasteiger partial charge in [-0.1, -0.05) is 0 Å². The maximum atomic E-state index is 13.8. The van der Waals surface area contributed by atoms with Crippen molar-refractivity contribution in [1.29, 1.82) is 0 Å². The molecule has 2 aromatic heterocycles. The highest BCUT2D eigenvalue weighted by molar-refractivity contribution is 5.59. The van der Waals surface area contributed by atoms with Crippen LogP contribution in [0, 0.1) is 19.7 Å². The van der Waals surface area contributed by atoms with Gasteiger partial charge < -0.3 is 5.32 Å². The van der Waals surface area contributed by atoms with Crippen LogP contribution in [0.5, 0.6) is 0 Å². The SMILES string of the molecule is CCNc1nc(-c2cn(C)nc2C)nc(C)c1F. The lowest BCUT2D eigenvalue weighted by Crippen LogP contribution is -2.07. The van der Waals surface area contributed by atoms with Gasteiger partial charge in [0, 0.05) is 19.8 Å². The third-order valence-corrected chi connectivity index (χ3v) is 2.62. The monoisotopic (exact) mass is 249 g/mol. The smallest absolute Gasteiger partial charge is 0.186 e. The molecule has 18 heavy (non-hydrogen) atoms. The van der Waals surface area contributed by atoms with Crippen molar-refractivity contribution < 1.29 is 4.39 Å². The van der Waals surface area contributed by atoms with E-state index in [-0.39, 0.29) is 5.82 Å². The van der Waals surface area contributed by atoms with Crippen LogP contribution in [-0.4, -0.2) is 26.3 Å². The van der Waals surface area contributed by atoms with Gasteiger partial charge in [-0.15, -0.1) is 0 Å². The van der Waals surface area contributed by atoms with Gasteiger partial charge in [0.05, 0.1) is 17.0 Å². The first-order valence-corrected chi connectivity index (χ1v) is 5.81. The maximum absolute atomic E-state index is 13.8. The second kappa shape index (κ2) is 4.72. The molecule has 0 unspecified atom stereocenters. The highest BCUT2D eigenvalue weighted by atomic mass is 19.1. The van der Waals surface area contributed by atoms with Gasteiger partial charge in [-0.3, -0.25) is 4.68 Å². The Morgan fingerprint density at radius 1 is 1.28 bits per heavy atom. The van der Waals surface area contributed by atoms with E-state index in [1.165, 1.54) is 0 Å². The van der Waals surface area contributed by atoms with Crippen LogP contribution in [0.25, 0.3) is 11.4 Å². The molecule has 96 valence electrons. The second-order valence-corrected chi connectivity index (χ2v) is 4.13. The van der Waals surface area contributed by atoms with Gasteiger partial charge >= 0.3 is 0 Å². The summed E-state index contributed by atoms with van der Waals surface area (Å²) in [4.78, 5) is 8.40. The summed E-state index contributed by atoms with van der Waals surface area (Å²) in [6.45, 7) is 6.02. The summed E-state index contributed by atoms with van der Waals surface area (Å²) in [7, 11) is 1.83. The van der Waals surface area contributed by atoms with E-state index in [4.69, 9.17) is 0 Å². The summed E-state index contributed by atoms with van der Waals surface area (Å²) in [5.41, 5.74) is 1.98. The molecule has 1 N–H and O–H groups in total. The minimum atomic E-state index is -0.401. The van der Waals surface area contributed by atoms with Crippen LogP contribution in [0.2, 0.25) is 0 Å². The number of hydrogen-bond acceptors (Lipinski definition) is 4. The average molecular weight is 249 g/mol. The Bertz CT molecular complexity index is 576. The molecule has 0 aliphatic heterocycles. The Morgan fingerprint density at radius 2 is 2.00 bits per heavy atom. The standard InChI is InChI=1S/C12H16FN5/c1-5-14-12-10(13)8(3)15-11(16-12)9-6-18(4)17-7(9)2/h6H,5H2,1-4H3,(H,14,15,16). The molecule has 0 aromatic carbocycles. The van der Waals surface area contributed by atoms with E-state index in [2.05, 4.69) is 20.4 Å². The Labute approximate surface area is 105 Å². The highest BCUT2D eigenvalue weighted by Gasteiger charge is 2.15. The van der Waals surface area contributed by atoms with Crippen molar-refractivity contribution in [3.63, 3.8) is 0 Å². The van der Waals surface area contributed by atoms with E-state index >= 15 is 0 Å². The average Bonchev–Trinajstić information content (AvgIpc) is 2.64. The summed E-state index contributed by atoms with van der Waals surface area (Å²) in [6.07, 6.45) is 1.83. The zero-order valence-electron chi connectivity index (χ0n) is 11.0. The summed E-state index contributed by atoms with van der Waals surface area (Å²) >= 11 is 0. The van der Waals surface area contributed by atoms with Crippen LogP contribution in [0.4, 0.5) is 10.2 Å². The molecule has 0 bridgehead atoms. The minimum absolute atomic E-state index is 0.239. The van der Waals surface area contributed by atoms with Crippen LogP contribution < -0.4 is 5.32 Å². The molecule has 0 aliphatic carbocycles. The first kappa shape index (κ1) is 12.5. The second-order valence-electron chi connectivity index (χ2n) is 4.13. The molecule has 6 heteroatoms. The summed E-state index contributed by atoms with van der Waals surface area (Å²) in [5, 5.41) is 7.14. The van der Waals surface area contributed by atoms with Gasteiger partial charge in [-0.25, -0.2) is 14.4 Å². The molecule has 0 amide bonds. The van der Waals surface area contributed by atoms with Crippen LogP contribution >= 0.6 is 0 Å². The number of halogens is 1. The van der Waals surface area contributed by atoms with Crippen molar-refractivity contribution >= 4 is 5.82 Å². The maximum Gasteiger partial charge on any atom is 0.186 e. The minimum Gasteiger partial charge on any atom is -0.368 e. The van der Waals surface area contributed by atoms with Crippen molar-refractivity contribution in [3.8, 4) is 11.4 Å². The largest absolute Gasteiger partial charge is 0.368 e. The van der Waals surface area contributed by atoms with Crippen molar-refractivity contribution in [2.75, 3.05) is 11.9 Å². The Hall–Kier alpha value is -1.98. The number of nitrogens with one attached hydrogen (secondary N) is 1. The van der Waals surface area contributed by atoms with Crippen LogP contribution in [0.1, 0.15) is 18.3 Å². The van der Waals surface area contributed by atoms with E-state index < -0.39 is 5.82 Å². The molecule has 0 aliphatic rings. The van der Waals surface area contributed by atoms with Gasteiger partial charge in [-0.2, -0.15) is 5.10 Å². The fourth-order valence-electron chi connectivity index (χ4n) is 1.78. The molecule has 0 fully saturated rings. The summed E-state index contributed by atoms with van der Waals surface area (Å²) < 4.78 is 15.5. The lowest BCUT2D eigenvalue weighted by molar-refractivity contribution is 0.606. The van der Waals surface area contributed by atoms with Crippen LogP contribution in [0.3, 0.4) is 0 Å². The molecule has 5 nitrogen and oxygen atoms in total. The van der Waals surface area contributed by atoms with E-state index in [0.717, 1.165) is 11.3 Å². The van der Waals surface area contributed by atoms with E-state index in [9.17, 15) is 4.39 Å². The molecule has 0 atom stereocenters. The predicted molar refractivity (Wildman–Crippen MR) is 67.8 cm³/mol. The summed E-state index contributed by atoms with van der Waals surface area (Å²) in [5.74, 6) is 0.334. The molecule has 0 saturated heterocycles. The van der Waals surface area contributed by atoms with Crippen molar-refractivity contribution in [3.05, 3.63) is 23.4 Å². The number of nitrogens with zero attached hydrogens (tertiary/aromatic N) is 4. The van der Waals surface area contributed by atoms with E-state index in [0.29, 0.717) is 18.1 Å². The number of aryl methyl sites for hydroxylation is 3. The highest BCUT2D eigenvalue weighted by Crippen LogP contribution is 2.22. The molecule has 0 radical (unpaired) electrons. The molecular weight excluding hydrogens is 233 g/mol. The quantitative estimate of drug-likeness (QED) is 0.904. The molecule has 2 heterocycles. The Morgan fingerprint density at radius 3 is 2.56 bits per heavy atom. The number of rotatable bonds is 3. The van der Waals surface area contributed by atoms with E-state index in [1.54, 1.807) is 11.6 Å². The Balaban J connectivity index is 2.55. The predicted octanol–water partition coefficient (Wildman–Crippen LogP) is 2.06. The van der Waals surface area contributed by atoms with Crippen molar-refractivity contribution in [1.82, 2.24) is 19.7 Å². The third-order valence-electron chi connectivity index (χ3n) is 2.62. The van der Waals surface area contributed by atoms with Gasteiger partial charge in [0.1, 0.15) is 0 Å². The van der Waals surface area contributed by atoms with Gasteiger partial charge in [0.2, 0.25) is 0 Å². The third kappa shape index (κ3) is 2.18. The molecule has 0 spiro atoms. The number of hydrogen-bond donors (Lipinski definition) is 1. The normalized spacial score (nSPS) is 10.7. The topological polar surface area (TPSA) is 55.6 Å². The van der Waals surface area contributed by atoms with Crippen molar-refractivity contribution in [2.24, 2.45) is 7.05 Å². The molecule has 2 aromatic rings. The van der Waals surface area contributed by atoms with Gasteiger partial charge in [0.15, 0.2) is 17.5 Å². The zero-order chi connectivity index (χ0) is 13.3. The van der Waals surface area contributed by atoms with Crippen molar-refractivity contribution in [2.45, 2.75) is 20.8 Å². The fraction of sp³-hybridized carbons (Fsp3) is 0.417. The Kier molecular flexibility index (Phi) is 3.27. The number of aromatic nitrogens is 4. The van der Waals surface area contributed by atoms with Crippen LogP contribution in [0.15, 0.2) is 6.20 Å². The number of anilines is 1. The lowest BCUT2D eigenvalue weighted by Gasteiger charge is -2.08. The first-order chi connectivity index (χ1) is 8.52. The molecule has 0 saturated carbocycles. The van der Waals surface area contributed by atoms with Crippen LogP contribution in [-0.2, 0) is 7.05 Å². The molecule has 2 rings (SSSR count). The first-order valence-electron chi connectivity index (χ1n) is 5.81. The zero-order valence-corrected chi connectivity index (χ0v) is 11.0. The van der Waals surface area contributed by atoms with E-state index in [1.807, 2.05) is 27.1 Å². The van der Waals surface area contributed by atoms with Gasteiger partial charge in [-0.05, 0) is 20.8 Å². The fourth-order valence-corrected chi connectivity index (χ4v) is 1.78. The lowest BCUT2D eigenvalue weighted by atomic mass is 10.2.